The molecule has 0 aliphatic carbocycles. The smallest absolute Gasteiger partial charge is 0.150 e. The first kappa shape index (κ1) is 9.33. The summed E-state index contributed by atoms with van der Waals surface area (Å²) in [5.74, 6) is -0.329. The second-order valence-corrected chi connectivity index (χ2v) is 3.82. The van der Waals surface area contributed by atoms with Crippen LogP contribution >= 0.6 is 15.9 Å². The zero-order valence-corrected chi connectivity index (χ0v) is 8.99. The molecule has 0 spiro atoms. The van der Waals surface area contributed by atoms with E-state index in [9.17, 15) is 4.39 Å². The van der Waals surface area contributed by atoms with Gasteiger partial charge in [0.05, 0.1) is 11.9 Å². The van der Waals surface area contributed by atoms with Crippen molar-refractivity contribution in [3.63, 3.8) is 0 Å². The molecular formula is C9H7BrFN3. The lowest BCUT2D eigenvalue weighted by Gasteiger charge is -2.01. The molecule has 1 aromatic heterocycles. The van der Waals surface area contributed by atoms with Crippen LogP contribution in [0.5, 0.6) is 0 Å². The van der Waals surface area contributed by atoms with Gasteiger partial charge in [0.25, 0.3) is 0 Å². The highest BCUT2D eigenvalue weighted by Crippen LogP contribution is 2.17. The molecule has 0 aliphatic heterocycles. The fraction of sp³-hybridized carbons (Fsp3) is 0.111. The molecule has 14 heavy (non-hydrogen) atoms. The zero-order valence-electron chi connectivity index (χ0n) is 7.41. The normalized spacial score (nSPS) is 10.5. The molecule has 0 saturated heterocycles. The molecule has 2 aromatic rings. The maximum atomic E-state index is 13.4. The largest absolute Gasteiger partial charge is 0.218 e. The number of nitrogens with zero attached hydrogens (tertiary/aromatic N) is 3. The average Bonchev–Trinajstić information content (AvgIpc) is 2.51. The summed E-state index contributed by atoms with van der Waals surface area (Å²) in [6, 6.07) is 4.80. The van der Waals surface area contributed by atoms with Gasteiger partial charge in [0.15, 0.2) is 0 Å². The first-order valence-corrected chi connectivity index (χ1v) is 4.80. The summed E-state index contributed by atoms with van der Waals surface area (Å²) in [7, 11) is 0. The van der Waals surface area contributed by atoms with Crippen LogP contribution in [0.1, 0.15) is 5.69 Å². The van der Waals surface area contributed by atoms with Crippen LogP contribution in [0.4, 0.5) is 4.39 Å². The number of benzene rings is 1. The Balaban J connectivity index is 2.52. The Hall–Kier alpha value is -1.23. The number of aromatic nitrogens is 3. The maximum absolute atomic E-state index is 13.4. The lowest BCUT2D eigenvalue weighted by atomic mass is 10.3. The van der Waals surface area contributed by atoms with Crippen molar-refractivity contribution in [1.29, 1.82) is 0 Å². The molecule has 0 radical (unpaired) electrons. The first-order valence-electron chi connectivity index (χ1n) is 4.01. The molecule has 0 aliphatic rings. The van der Waals surface area contributed by atoms with Crippen molar-refractivity contribution in [2.45, 2.75) is 6.92 Å². The van der Waals surface area contributed by atoms with Gasteiger partial charge in [-0.1, -0.05) is 21.1 Å². The van der Waals surface area contributed by atoms with Gasteiger partial charge in [0.1, 0.15) is 11.5 Å². The third-order valence-electron chi connectivity index (χ3n) is 1.76. The van der Waals surface area contributed by atoms with E-state index in [1.54, 1.807) is 25.3 Å². The minimum Gasteiger partial charge on any atom is -0.218 e. The topological polar surface area (TPSA) is 30.7 Å². The molecule has 0 amide bonds. The second kappa shape index (κ2) is 3.49. The third-order valence-corrected chi connectivity index (χ3v) is 2.26. The van der Waals surface area contributed by atoms with E-state index in [1.165, 1.54) is 10.7 Å². The van der Waals surface area contributed by atoms with E-state index in [0.29, 0.717) is 10.2 Å². The molecule has 72 valence electrons. The van der Waals surface area contributed by atoms with E-state index in [1.807, 2.05) is 0 Å². The minimum atomic E-state index is -0.329. The molecule has 1 heterocycles. The van der Waals surface area contributed by atoms with Crippen molar-refractivity contribution in [2.75, 3.05) is 0 Å². The summed E-state index contributed by atoms with van der Waals surface area (Å²) in [5, 5.41) is 7.58. The quantitative estimate of drug-likeness (QED) is 0.784. The van der Waals surface area contributed by atoms with E-state index in [4.69, 9.17) is 0 Å². The Kier molecular flexibility index (Phi) is 2.33. The molecule has 0 saturated carbocycles. The highest BCUT2D eigenvalue weighted by Gasteiger charge is 2.06. The van der Waals surface area contributed by atoms with Crippen LogP contribution in [-0.4, -0.2) is 15.0 Å². The zero-order chi connectivity index (χ0) is 10.1. The van der Waals surface area contributed by atoms with Gasteiger partial charge in [-0.2, -0.15) is 0 Å². The first-order chi connectivity index (χ1) is 6.66. The number of aryl methyl sites for hydroxylation is 1. The highest BCUT2D eigenvalue weighted by molar-refractivity contribution is 9.10. The van der Waals surface area contributed by atoms with Gasteiger partial charge in [0.2, 0.25) is 0 Å². The van der Waals surface area contributed by atoms with Crippen molar-refractivity contribution < 1.29 is 4.39 Å². The molecule has 0 unspecified atom stereocenters. The molecule has 3 nitrogen and oxygen atoms in total. The van der Waals surface area contributed by atoms with Crippen LogP contribution in [0.3, 0.4) is 0 Å². The van der Waals surface area contributed by atoms with Gasteiger partial charge in [0, 0.05) is 4.47 Å². The van der Waals surface area contributed by atoms with E-state index >= 15 is 0 Å². The molecular weight excluding hydrogens is 249 g/mol. The standard InChI is InChI=1S/C9H7BrFN3/c1-6-5-14(13-12-6)9-3-2-7(10)4-8(9)11/h2-5H,1H3. The Morgan fingerprint density at radius 3 is 2.79 bits per heavy atom. The SMILES string of the molecule is Cc1cn(-c2ccc(Br)cc2F)nn1. The second-order valence-electron chi connectivity index (χ2n) is 2.90. The molecule has 0 fully saturated rings. The van der Waals surface area contributed by atoms with Gasteiger partial charge in [-0.25, -0.2) is 9.07 Å². The van der Waals surface area contributed by atoms with E-state index < -0.39 is 0 Å². The fourth-order valence-electron chi connectivity index (χ4n) is 1.13. The van der Waals surface area contributed by atoms with Crippen molar-refractivity contribution in [3.05, 3.63) is 40.4 Å². The molecule has 1 aromatic carbocycles. The van der Waals surface area contributed by atoms with Crippen LogP contribution in [0.15, 0.2) is 28.9 Å². The Bertz CT molecular complexity index is 467. The summed E-state index contributed by atoms with van der Waals surface area (Å²) >= 11 is 3.19. The van der Waals surface area contributed by atoms with Crippen LogP contribution in [0.2, 0.25) is 0 Å². The summed E-state index contributed by atoms with van der Waals surface area (Å²) in [6.45, 7) is 1.81. The summed E-state index contributed by atoms with van der Waals surface area (Å²) in [4.78, 5) is 0. The van der Waals surface area contributed by atoms with Crippen LogP contribution in [0.25, 0.3) is 5.69 Å². The molecule has 5 heteroatoms. The molecule has 0 atom stereocenters. The van der Waals surface area contributed by atoms with Crippen LogP contribution in [0, 0.1) is 12.7 Å². The molecule has 0 bridgehead atoms. The number of rotatable bonds is 1. The van der Waals surface area contributed by atoms with Crippen LogP contribution in [-0.2, 0) is 0 Å². The van der Waals surface area contributed by atoms with E-state index in [2.05, 4.69) is 26.2 Å². The third kappa shape index (κ3) is 1.68. The lowest BCUT2D eigenvalue weighted by molar-refractivity contribution is 0.606. The molecule has 0 N–H and O–H groups in total. The Labute approximate surface area is 88.7 Å². The highest BCUT2D eigenvalue weighted by atomic mass is 79.9. The predicted octanol–water partition coefficient (Wildman–Crippen LogP) is 2.48. The van der Waals surface area contributed by atoms with Crippen molar-refractivity contribution in [1.82, 2.24) is 15.0 Å². The van der Waals surface area contributed by atoms with Crippen molar-refractivity contribution in [3.8, 4) is 5.69 Å². The number of hydrogen-bond donors (Lipinski definition) is 0. The summed E-state index contributed by atoms with van der Waals surface area (Å²) in [6.07, 6.45) is 1.67. The van der Waals surface area contributed by atoms with Crippen LogP contribution < -0.4 is 0 Å². The Morgan fingerprint density at radius 2 is 2.21 bits per heavy atom. The number of halogens is 2. The van der Waals surface area contributed by atoms with Gasteiger partial charge >= 0.3 is 0 Å². The Morgan fingerprint density at radius 1 is 1.43 bits per heavy atom. The van der Waals surface area contributed by atoms with Gasteiger partial charge in [-0.05, 0) is 25.1 Å². The molecule has 2 rings (SSSR count). The van der Waals surface area contributed by atoms with Gasteiger partial charge in [-0.15, -0.1) is 5.10 Å². The number of hydrogen-bond acceptors (Lipinski definition) is 2. The van der Waals surface area contributed by atoms with Crippen molar-refractivity contribution >= 4 is 15.9 Å². The fourth-order valence-corrected chi connectivity index (χ4v) is 1.47. The summed E-state index contributed by atoms with van der Waals surface area (Å²) in [5.41, 5.74) is 1.15. The minimum absolute atomic E-state index is 0.329. The summed E-state index contributed by atoms with van der Waals surface area (Å²) < 4.78 is 15.5. The predicted molar refractivity (Wildman–Crippen MR) is 53.8 cm³/mol. The van der Waals surface area contributed by atoms with E-state index in [-0.39, 0.29) is 5.82 Å². The van der Waals surface area contributed by atoms with Crippen molar-refractivity contribution in [2.24, 2.45) is 0 Å². The van der Waals surface area contributed by atoms with E-state index in [0.717, 1.165) is 5.69 Å². The average molecular weight is 256 g/mol. The maximum Gasteiger partial charge on any atom is 0.150 e. The van der Waals surface area contributed by atoms with Gasteiger partial charge < -0.3 is 0 Å². The van der Waals surface area contributed by atoms with Gasteiger partial charge in [-0.3, -0.25) is 0 Å². The monoisotopic (exact) mass is 255 g/mol. The lowest BCUT2D eigenvalue weighted by Crippen LogP contribution is -1.98.